The van der Waals surface area contributed by atoms with Gasteiger partial charge in [-0.15, -0.1) is 11.3 Å². The molecule has 0 aliphatic carbocycles. The van der Waals surface area contributed by atoms with Crippen molar-refractivity contribution in [3.63, 3.8) is 0 Å². The summed E-state index contributed by atoms with van der Waals surface area (Å²) in [5, 5.41) is 4.43. The molecule has 0 saturated heterocycles. The molecule has 2 heterocycles. The molecule has 3 nitrogen and oxygen atoms in total. The van der Waals surface area contributed by atoms with Crippen LogP contribution in [-0.4, -0.2) is 4.98 Å². The van der Waals surface area contributed by atoms with Gasteiger partial charge in [0.1, 0.15) is 5.82 Å². The number of thiophene rings is 1. The Balaban J connectivity index is 1.85. The van der Waals surface area contributed by atoms with E-state index in [4.69, 9.17) is 17.3 Å². The average molecular weight is 304 g/mol. The fraction of sp³-hybridized carbons (Fsp3) is 0.133. The lowest BCUT2D eigenvalue weighted by molar-refractivity contribution is 0.899. The summed E-state index contributed by atoms with van der Waals surface area (Å²) < 4.78 is 0.801. The van der Waals surface area contributed by atoms with Crippen molar-refractivity contribution in [1.29, 1.82) is 0 Å². The van der Waals surface area contributed by atoms with Crippen molar-refractivity contribution in [1.82, 2.24) is 4.98 Å². The van der Waals surface area contributed by atoms with E-state index in [1.807, 2.05) is 42.5 Å². The second kappa shape index (κ2) is 5.31. The molecule has 5 heteroatoms. The van der Waals surface area contributed by atoms with Crippen molar-refractivity contribution >= 4 is 45.3 Å². The highest BCUT2D eigenvalue weighted by atomic mass is 35.5. The fourth-order valence-corrected chi connectivity index (χ4v) is 3.14. The zero-order valence-corrected chi connectivity index (χ0v) is 12.5. The molecule has 20 heavy (non-hydrogen) atoms. The van der Waals surface area contributed by atoms with E-state index in [-0.39, 0.29) is 6.04 Å². The summed E-state index contributed by atoms with van der Waals surface area (Å²) in [4.78, 5) is 5.78. The Kier molecular flexibility index (Phi) is 3.51. The van der Waals surface area contributed by atoms with Crippen molar-refractivity contribution in [2.75, 3.05) is 11.1 Å². The number of nitrogens with two attached hydrogens (primary N) is 1. The molecule has 1 atom stereocenters. The van der Waals surface area contributed by atoms with Crippen molar-refractivity contribution < 1.29 is 0 Å². The Hall–Kier alpha value is -1.78. The molecule has 3 aromatic rings. The summed E-state index contributed by atoms with van der Waals surface area (Å²) in [6, 6.07) is 13.8. The smallest absolute Gasteiger partial charge is 0.127 e. The third-order valence-corrected chi connectivity index (χ3v) is 4.51. The van der Waals surface area contributed by atoms with Crippen molar-refractivity contribution in [2.45, 2.75) is 13.0 Å². The highest BCUT2D eigenvalue weighted by molar-refractivity contribution is 7.16. The average Bonchev–Trinajstić information content (AvgIpc) is 2.86. The Morgan fingerprint density at radius 2 is 2.05 bits per heavy atom. The van der Waals surface area contributed by atoms with Crippen LogP contribution >= 0.6 is 22.9 Å². The molecule has 3 rings (SSSR count). The Morgan fingerprint density at radius 3 is 2.80 bits per heavy atom. The number of aromatic nitrogens is 1. The monoisotopic (exact) mass is 303 g/mol. The van der Waals surface area contributed by atoms with Crippen LogP contribution in [0.1, 0.15) is 17.8 Å². The van der Waals surface area contributed by atoms with Gasteiger partial charge >= 0.3 is 0 Å². The molecule has 0 aliphatic heterocycles. The molecular weight excluding hydrogens is 290 g/mol. The lowest BCUT2D eigenvalue weighted by Gasteiger charge is -2.13. The second-order valence-corrected chi connectivity index (χ2v) is 6.40. The SMILES string of the molecule is CC(Nc1ccc2cc(N)ccc2n1)c1ccc(Cl)s1. The summed E-state index contributed by atoms with van der Waals surface area (Å²) >= 11 is 7.54. The Morgan fingerprint density at radius 1 is 1.20 bits per heavy atom. The van der Waals surface area contributed by atoms with E-state index >= 15 is 0 Å². The van der Waals surface area contributed by atoms with Crippen LogP contribution in [0.2, 0.25) is 4.34 Å². The maximum atomic E-state index is 5.96. The third kappa shape index (κ3) is 2.71. The number of rotatable bonds is 3. The van der Waals surface area contributed by atoms with Crippen LogP contribution in [0.3, 0.4) is 0 Å². The van der Waals surface area contributed by atoms with Crippen molar-refractivity contribution in [3.05, 3.63) is 51.7 Å². The molecule has 0 fully saturated rings. The summed E-state index contributed by atoms with van der Waals surface area (Å²) in [5.74, 6) is 0.847. The van der Waals surface area contributed by atoms with Gasteiger partial charge in [-0.3, -0.25) is 0 Å². The summed E-state index contributed by atoms with van der Waals surface area (Å²) in [6.45, 7) is 2.09. The van der Waals surface area contributed by atoms with Crippen LogP contribution in [-0.2, 0) is 0 Å². The van der Waals surface area contributed by atoms with Gasteiger partial charge in [-0.25, -0.2) is 4.98 Å². The van der Waals surface area contributed by atoms with Gasteiger partial charge in [0, 0.05) is 16.0 Å². The molecule has 3 N–H and O–H groups in total. The number of hydrogen-bond donors (Lipinski definition) is 2. The number of hydrogen-bond acceptors (Lipinski definition) is 4. The maximum Gasteiger partial charge on any atom is 0.127 e. The van der Waals surface area contributed by atoms with Gasteiger partial charge in [0.15, 0.2) is 0 Å². The van der Waals surface area contributed by atoms with Gasteiger partial charge < -0.3 is 11.1 Å². The van der Waals surface area contributed by atoms with E-state index in [0.717, 1.165) is 26.7 Å². The second-order valence-electron chi connectivity index (χ2n) is 4.66. The van der Waals surface area contributed by atoms with E-state index in [9.17, 15) is 0 Å². The van der Waals surface area contributed by atoms with Crippen LogP contribution < -0.4 is 11.1 Å². The van der Waals surface area contributed by atoms with Crippen LogP contribution in [0, 0.1) is 0 Å². The molecule has 1 unspecified atom stereocenters. The minimum absolute atomic E-state index is 0.172. The van der Waals surface area contributed by atoms with Gasteiger partial charge in [0.25, 0.3) is 0 Å². The number of nitrogens with one attached hydrogen (secondary N) is 1. The molecule has 2 aromatic heterocycles. The molecule has 0 spiro atoms. The Bertz CT molecular complexity index is 754. The number of pyridine rings is 1. The topological polar surface area (TPSA) is 50.9 Å². The maximum absolute atomic E-state index is 5.96. The van der Waals surface area contributed by atoms with Crippen LogP contribution in [0.25, 0.3) is 10.9 Å². The molecule has 0 radical (unpaired) electrons. The first-order valence-corrected chi connectivity index (χ1v) is 7.49. The molecular formula is C15H14ClN3S. The predicted molar refractivity (Wildman–Crippen MR) is 87.5 cm³/mol. The number of fused-ring (bicyclic) bond motifs is 1. The fourth-order valence-electron chi connectivity index (χ4n) is 2.08. The molecule has 0 bridgehead atoms. The molecule has 0 aliphatic rings. The highest BCUT2D eigenvalue weighted by Crippen LogP contribution is 2.29. The van der Waals surface area contributed by atoms with E-state index in [1.165, 1.54) is 4.88 Å². The number of anilines is 2. The largest absolute Gasteiger partial charge is 0.399 e. The minimum Gasteiger partial charge on any atom is -0.399 e. The summed E-state index contributed by atoms with van der Waals surface area (Å²) in [7, 11) is 0. The van der Waals surface area contributed by atoms with Crippen molar-refractivity contribution in [2.24, 2.45) is 0 Å². The quantitative estimate of drug-likeness (QED) is 0.689. The van der Waals surface area contributed by atoms with Gasteiger partial charge in [0.05, 0.1) is 15.9 Å². The molecule has 0 saturated carbocycles. The van der Waals surface area contributed by atoms with Crippen LogP contribution in [0.5, 0.6) is 0 Å². The first kappa shape index (κ1) is 13.2. The number of halogens is 1. The molecule has 0 amide bonds. The highest BCUT2D eigenvalue weighted by Gasteiger charge is 2.09. The number of nitrogen functional groups attached to an aromatic ring is 1. The predicted octanol–water partition coefficient (Wildman–Crippen LogP) is 4.71. The van der Waals surface area contributed by atoms with Gasteiger partial charge in [0.2, 0.25) is 0 Å². The Labute approximate surface area is 126 Å². The standard InChI is InChI=1S/C15H14ClN3S/c1-9(13-5-6-14(16)20-13)18-15-7-2-10-8-11(17)3-4-12(10)19-15/h2-9H,17H2,1H3,(H,18,19). The zero-order valence-electron chi connectivity index (χ0n) is 10.9. The van der Waals surface area contributed by atoms with E-state index in [0.29, 0.717) is 0 Å². The van der Waals surface area contributed by atoms with Gasteiger partial charge in [-0.2, -0.15) is 0 Å². The third-order valence-electron chi connectivity index (χ3n) is 3.10. The van der Waals surface area contributed by atoms with Gasteiger partial charge in [-0.1, -0.05) is 11.6 Å². The number of nitrogens with zero attached hydrogens (tertiary/aromatic N) is 1. The minimum atomic E-state index is 0.172. The first-order valence-electron chi connectivity index (χ1n) is 6.30. The summed E-state index contributed by atoms with van der Waals surface area (Å²) in [6.07, 6.45) is 0. The van der Waals surface area contributed by atoms with Crippen LogP contribution in [0.15, 0.2) is 42.5 Å². The number of benzene rings is 1. The normalized spacial score (nSPS) is 12.5. The first-order chi connectivity index (χ1) is 9.61. The van der Waals surface area contributed by atoms with E-state index in [2.05, 4.69) is 17.2 Å². The zero-order chi connectivity index (χ0) is 14.1. The lowest BCUT2D eigenvalue weighted by Crippen LogP contribution is -2.06. The van der Waals surface area contributed by atoms with E-state index in [1.54, 1.807) is 11.3 Å². The molecule has 102 valence electrons. The lowest BCUT2D eigenvalue weighted by atomic mass is 10.2. The molecule has 1 aromatic carbocycles. The van der Waals surface area contributed by atoms with E-state index < -0.39 is 0 Å². The van der Waals surface area contributed by atoms with Crippen molar-refractivity contribution in [3.8, 4) is 0 Å². The summed E-state index contributed by atoms with van der Waals surface area (Å²) in [5.41, 5.74) is 7.45. The van der Waals surface area contributed by atoms with Gasteiger partial charge in [-0.05, 0) is 49.4 Å². The van der Waals surface area contributed by atoms with Crippen LogP contribution in [0.4, 0.5) is 11.5 Å².